The Labute approximate surface area is 117 Å². The normalized spacial score (nSPS) is 12.4. The van der Waals surface area contributed by atoms with Crippen LogP contribution < -0.4 is 16.0 Å². The monoisotopic (exact) mass is 280 g/mol. The van der Waals surface area contributed by atoms with Gasteiger partial charge in [0.2, 0.25) is 0 Å². The lowest BCUT2D eigenvalue weighted by Crippen LogP contribution is -2.21. The predicted molar refractivity (Wildman–Crippen MR) is 76.5 cm³/mol. The molecule has 0 amide bonds. The molecule has 2 aromatic carbocycles. The molecule has 0 atom stereocenters. The van der Waals surface area contributed by atoms with Crippen LogP contribution in [0, 0.1) is 0 Å². The minimum Gasteiger partial charge on any atom is -0.456 e. The molecule has 3 aromatic rings. The van der Waals surface area contributed by atoms with Crippen LogP contribution in [0.5, 0.6) is 11.5 Å². The van der Waals surface area contributed by atoms with E-state index in [-0.39, 0.29) is 11.2 Å². The molecule has 102 valence electrons. The summed E-state index contributed by atoms with van der Waals surface area (Å²) in [6.45, 7) is 0. The van der Waals surface area contributed by atoms with Crippen molar-refractivity contribution in [2.75, 3.05) is 0 Å². The smallest absolute Gasteiger partial charge is 0.423 e. The van der Waals surface area contributed by atoms with Gasteiger partial charge in [0, 0.05) is 5.56 Å². The lowest BCUT2D eigenvalue weighted by atomic mass is 10.1. The molecule has 21 heavy (non-hydrogen) atoms. The lowest BCUT2D eigenvalue weighted by molar-refractivity contribution is 0.442. The molecule has 0 aliphatic carbocycles. The van der Waals surface area contributed by atoms with Gasteiger partial charge in [-0.3, -0.25) is 0 Å². The number of rotatable bonds is 0. The average Bonchev–Trinajstić information content (AvgIpc) is 2.68. The van der Waals surface area contributed by atoms with Crippen molar-refractivity contribution in [2.24, 2.45) is 0 Å². The fourth-order valence-corrected chi connectivity index (χ4v) is 2.27. The third-order valence-electron chi connectivity index (χ3n) is 3.25. The van der Waals surface area contributed by atoms with Gasteiger partial charge in [-0.05, 0) is 24.3 Å². The molecule has 0 N–H and O–H groups in total. The minimum atomic E-state index is -1.04. The molecule has 0 unspecified atom stereocenters. The van der Waals surface area contributed by atoms with Crippen molar-refractivity contribution in [2.45, 2.75) is 0 Å². The van der Waals surface area contributed by atoms with Crippen molar-refractivity contribution in [3.8, 4) is 11.5 Å². The summed E-state index contributed by atoms with van der Waals surface area (Å²) in [5.74, 6) is 1.23. The Hall–Kier alpha value is -3.08. The van der Waals surface area contributed by atoms with Crippen LogP contribution in [-0.4, -0.2) is 0 Å². The van der Waals surface area contributed by atoms with Crippen LogP contribution >= 0.6 is 0 Å². The Balaban J connectivity index is 2.05. The maximum absolute atomic E-state index is 11.4. The van der Waals surface area contributed by atoms with Gasteiger partial charge in [-0.1, -0.05) is 24.3 Å². The molecule has 4 rings (SSSR count). The van der Waals surface area contributed by atoms with E-state index in [2.05, 4.69) is 0 Å². The summed E-state index contributed by atoms with van der Waals surface area (Å²) in [5.41, 5.74) is -0.194. The number of benzene rings is 2. The standard InChI is InChI=1S/C16H8O5/c17-15-16(18)21-14-10-6-5-9-3-1-2-4-11(9)19-12(10)7-8-13(14)20-15/h1-8H. The average molecular weight is 280 g/mol. The van der Waals surface area contributed by atoms with Crippen LogP contribution in [0.3, 0.4) is 0 Å². The fourth-order valence-electron chi connectivity index (χ4n) is 2.27. The van der Waals surface area contributed by atoms with Crippen molar-refractivity contribution >= 4 is 23.3 Å². The summed E-state index contributed by atoms with van der Waals surface area (Å²) in [4.78, 5) is 22.6. The highest BCUT2D eigenvalue weighted by Gasteiger charge is 2.16. The first-order chi connectivity index (χ1) is 10.2. The third kappa shape index (κ3) is 1.79. The highest BCUT2D eigenvalue weighted by molar-refractivity contribution is 5.90. The lowest BCUT2D eigenvalue weighted by Gasteiger charge is -2.08. The summed E-state index contributed by atoms with van der Waals surface area (Å²) in [6, 6.07) is 10.8. The minimum absolute atomic E-state index is 0.196. The van der Waals surface area contributed by atoms with E-state index in [0.717, 1.165) is 5.56 Å². The second-order valence-electron chi connectivity index (χ2n) is 4.56. The van der Waals surface area contributed by atoms with Crippen LogP contribution in [-0.2, 0) is 0 Å². The second-order valence-corrected chi connectivity index (χ2v) is 4.56. The van der Waals surface area contributed by atoms with Crippen LogP contribution in [0.1, 0.15) is 11.1 Å². The van der Waals surface area contributed by atoms with E-state index in [9.17, 15) is 9.59 Å². The van der Waals surface area contributed by atoms with Gasteiger partial charge >= 0.3 is 11.3 Å². The van der Waals surface area contributed by atoms with Gasteiger partial charge in [0.15, 0.2) is 11.2 Å². The molecule has 0 radical (unpaired) electrons. The van der Waals surface area contributed by atoms with Gasteiger partial charge in [-0.25, -0.2) is 9.59 Å². The SMILES string of the molecule is O=c1oc2ccc3c(c2oc1=O)C=Cc1ccccc1O3. The Morgan fingerprint density at radius 2 is 1.57 bits per heavy atom. The first-order valence-electron chi connectivity index (χ1n) is 6.28. The fraction of sp³-hybridized carbons (Fsp3) is 0. The Bertz CT molecular complexity index is 1010. The van der Waals surface area contributed by atoms with Crippen molar-refractivity contribution in [3.05, 3.63) is 68.4 Å². The largest absolute Gasteiger partial charge is 0.456 e. The van der Waals surface area contributed by atoms with E-state index in [4.69, 9.17) is 13.6 Å². The van der Waals surface area contributed by atoms with Gasteiger partial charge in [0.05, 0.1) is 5.56 Å². The zero-order valence-corrected chi connectivity index (χ0v) is 10.7. The van der Waals surface area contributed by atoms with Gasteiger partial charge < -0.3 is 13.6 Å². The van der Waals surface area contributed by atoms with Crippen LogP contribution in [0.4, 0.5) is 0 Å². The molecule has 1 aliphatic rings. The summed E-state index contributed by atoms with van der Waals surface area (Å²) in [7, 11) is 0. The number of ether oxygens (including phenoxy) is 1. The molecule has 5 nitrogen and oxygen atoms in total. The van der Waals surface area contributed by atoms with Crippen molar-refractivity contribution < 1.29 is 13.6 Å². The van der Waals surface area contributed by atoms with Crippen molar-refractivity contribution in [1.82, 2.24) is 0 Å². The van der Waals surface area contributed by atoms with Crippen LogP contribution in [0.2, 0.25) is 0 Å². The maximum Gasteiger partial charge on any atom is 0.423 e. The molecular weight excluding hydrogens is 272 g/mol. The molecule has 0 spiro atoms. The molecular formula is C16H8O5. The van der Waals surface area contributed by atoms with Crippen molar-refractivity contribution in [1.29, 1.82) is 0 Å². The second kappa shape index (κ2) is 4.21. The summed E-state index contributed by atoms with van der Waals surface area (Å²) >= 11 is 0. The zero-order chi connectivity index (χ0) is 14.4. The summed E-state index contributed by atoms with van der Waals surface area (Å²) in [6.07, 6.45) is 3.62. The van der Waals surface area contributed by atoms with E-state index >= 15 is 0 Å². The van der Waals surface area contributed by atoms with Crippen LogP contribution in [0.15, 0.2) is 54.8 Å². The van der Waals surface area contributed by atoms with Crippen molar-refractivity contribution in [3.63, 3.8) is 0 Å². The van der Waals surface area contributed by atoms with E-state index in [1.165, 1.54) is 0 Å². The third-order valence-corrected chi connectivity index (χ3v) is 3.25. The molecule has 2 heterocycles. The Kier molecular flexibility index (Phi) is 2.35. The highest BCUT2D eigenvalue weighted by Crippen LogP contribution is 2.36. The van der Waals surface area contributed by atoms with E-state index in [1.54, 1.807) is 18.2 Å². The zero-order valence-electron chi connectivity index (χ0n) is 10.7. The number of hydrogen-bond acceptors (Lipinski definition) is 5. The number of para-hydroxylation sites is 1. The number of fused-ring (bicyclic) bond motifs is 4. The molecule has 0 saturated carbocycles. The number of hydrogen-bond donors (Lipinski definition) is 0. The summed E-state index contributed by atoms with van der Waals surface area (Å²) < 4.78 is 15.8. The van der Waals surface area contributed by atoms with E-state index < -0.39 is 11.3 Å². The molecule has 1 aliphatic heterocycles. The first kappa shape index (κ1) is 11.7. The highest BCUT2D eigenvalue weighted by atomic mass is 16.5. The molecule has 0 bridgehead atoms. The van der Waals surface area contributed by atoms with Gasteiger partial charge in [-0.15, -0.1) is 0 Å². The van der Waals surface area contributed by atoms with Gasteiger partial charge in [0.1, 0.15) is 11.5 Å². The molecule has 0 fully saturated rings. The first-order valence-corrected chi connectivity index (χ1v) is 6.28. The van der Waals surface area contributed by atoms with E-state index in [0.29, 0.717) is 17.1 Å². The quantitative estimate of drug-likeness (QED) is 0.463. The predicted octanol–water partition coefficient (Wildman–Crippen LogP) is 3.02. The Morgan fingerprint density at radius 3 is 2.48 bits per heavy atom. The topological polar surface area (TPSA) is 69.7 Å². The summed E-state index contributed by atoms with van der Waals surface area (Å²) in [5, 5.41) is 0. The van der Waals surface area contributed by atoms with E-state index in [1.807, 2.05) is 30.3 Å². The van der Waals surface area contributed by atoms with Gasteiger partial charge in [0.25, 0.3) is 0 Å². The molecule has 1 aromatic heterocycles. The van der Waals surface area contributed by atoms with Gasteiger partial charge in [-0.2, -0.15) is 0 Å². The molecule has 0 saturated heterocycles. The Morgan fingerprint density at radius 1 is 0.762 bits per heavy atom. The maximum atomic E-state index is 11.4. The molecule has 5 heteroatoms. The van der Waals surface area contributed by atoms with Crippen LogP contribution in [0.25, 0.3) is 23.3 Å².